The number of aromatic nitrogens is 2. The monoisotopic (exact) mass is 294 g/mol. The molecular weight excluding hydrogens is 287 g/mol. The maximum absolute atomic E-state index is 11.1. The van der Waals surface area contributed by atoms with E-state index in [9.17, 15) is 9.59 Å². The van der Waals surface area contributed by atoms with Gasteiger partial charge in [0, 0.05) is 4.43 Å². The van der Waals surface area contributed by atoms with Gasteiger partial charge in [-0.2, -0.15) is 0 Å². The third-order valence-electron chi connectivity index (χ3n) is 1.42. The summed E-state index contributed by atoms with van der Waals surface area (Å²) in [5.74, 6) is -0.362. The summed E-state index contributed by atoms with van der Waals surface area (Å²) < 4.78 is 5.06. The number of hydrogen-bond acceptors (Lipinski definition) is 4. The van der Waals surface area contributed by atoms with E-state index in [1.54, 1.807) is 0 Å². The van der Waals surface area contributed by atoms with Crippen molar-refractivity contribution in [3.05, 3.63) is 17.2 Å². The van der Waals surface area contributed by atoms with E-state index in [0.29, 0.717) is 16.4 Å². The average molecular weight is 294 g/mol. The molecule has 13 heavy (non-hydrogen) atoms. The second kappa shape index (κ2) is 4.35. The van der Waals surface area contributed by atoms with Crippen molar-refractivity contribution in [2.24, 2.45) is 0 Å². The van der Waals surface area contributed by atoms with Crippen molar-refractivity contribution in [3.8, 4) is 0 Å². The SMILES string of the molecule is COC(=O)c1[nH]c(C=O)nc1CI. The van der Waals surface area contributed by atoms with Crippen LogP contribution in [0.2, 0.25) is 0 Å². The van der Waals surface area contributed by atoms with Crippen molar-refractivity contribution in [1.82, 2.24) is 9.97 Å². The number of carbonyl (C=O) groups excluding carboxylic acids is 2. The second-order valence-electron chi connectivity index (χ2n) is 2.19. The number of H-pyrrole nitrogens is 1. The number of nitrogens with one attached hydrogen (secondary N) is 1. The van der Waals surface area contributed by atoms with Gasteiger partial charge >= 0.3 is 5.97 Å². The van der Waals surface area contributed by atoms with Gasteiger partial charge in [0.25, 0.3) is 0 Å². The molecule has 0 bridgehead atoms. The summed E-state index contributed by atoms with van der Waals surface area (Å²) >= 11 is 2.05. The lowest BCUT2D eigenvalue weighted by Crippen LogP contribution is -2.04. The van der Waals surface area contributed by atoms with Crippen LogP contribution in [-0.4, -0.2) is 29.3 Å². The van der Waals surface area contributed by atoms with E-state index in [-0.39, 0.29) is 11.5 Å². The van der Waals surface area contributed by atoms with Crippen LogP contribution in [0.1, 0.15) is 26.8 Å². The van der Waals surface area contributed by atoms with E-state index in [4.69, 9.17) is 0 Å². The van der Waals surface area contributed by atoms with Crippen LogP contribution in [0.15, 0.2) is 0 Å². The lowest BCUT2D eigenvalue weighted by molar-refractivity contribution is 0.0594. The Morgan fingerprint density at radius 3 is 2.92 bits per heavy atom. The number of hydrogen-bond donors (Lipinski definition) is 1. The summed E-state index contributed by atoms with van der Waals surface area (Å²) in [5, 5.41) is 0. The second-order valence-corrected chi connectivity index (χ2v) is 2.95. The molecule has 1 aromatic heterocycles. The fraction of sp³-hybridized carbons (Fsp3) is 0.286. The summed E-state index contributed by atoms with van der Waals surface area (Å²) in [6.07, 6.45) is 0.558. The Balaban J connectivity index is 3.10. The zero-order valence-electron chi connectivity index (χ0n) is 6.83. The van der Waals surface area contributed by atoms with Crippen molar-refractivity contribution in [3.63, 3.8) is 0 Å². The molecule has 0 aromatic carbocycles. The van der Waals surface area contributed by atoms with Crippen molar-refractivity contribution in [2.75, 3.05) is 7.11 Å². The maximum Gasteiger partial charge on any atom is 0.356 e. The number of aromatic amines is 1. The van der Waals surface area contributed by atoms with Gasteiger partial charge in [-0.15, -0.1) is 0 Å². The van der Waals surface area contributed by atoms with E-state index in [1.807, 2.05) is 0 Å². The quantitative estimate of drug-likeness (QED) is 0.390. The van der Waals surface area contributed by atoms with Gasteiger partial charge in [0.15, 0.2) is 12.1 Å². The van der Waals surface area contributed by atoms with E-state index < -0.39 is 5.97 Å². The van der Waals surface area contributed by atoms with E-state index in [1.165, 1.54) is 7.11 Å². The predicted molar refractivity (Wildman–Crippen MR) is 53.0 cm³/mol. The highest BCUT2D eigenvalue weighted by Gasteiger charge is 2.16. The fourth-order valence-electron chi connectivity index (χ4n) is 0.853. The third-order valence-corrected chi connectivity index (χ3v) is 2.15. The summed E-state index contributed by atoms with van der Waals surface area (Å²) in [6, 6.07) is 0. The molecule has 1 heterocycles. The van der Waals surface area contributed by atoms with Crippen LogP contribution < -0.4 is 0 Å². The first-order chi connectivity index (χ1) is 6.22. The van der Waals surface area contributed by atoms with Crippen LogP contribution in [0.3, 0.4) is 0 Å². The number of rotatable bonds is 3. The summed E-state index contributed by atoms with van der Waals surface area (Å²) in [5.41, 5.74) is 0.786. The molecular formula is C7H7IN2O3. The molecule has 70 valence electrons. The number of aldehydes is 1. The Hall–Kier alpha value is -0.920. The van der Waals surface area contributed by atoms with E-state index in [2.05, 4.69) is 37.3 Å². The predicted octanol–water partition coefficient (Wildman–Crippen LogP) is 0.944. The molecule has 5 nitrogen and oxygen atoms in total. The molecule has 0 aliphatic heterocycles. The van der Waals surface area contributed by atoms with E-state index in [0.717, 1.165) is 0 Å². The van der Waals surface area contributed by atoms with Crippen molar-refractivity contribution >= 4 is 34.8 Å². The summed E-state index contributed by atoms with van der Waals surface area (Å²) in [6.45, 7) is 0. The van der Waals surface area contributed by atoms with Gasteiger partial charge in [-0.1, -0.05) is 22.6 Å². The number of imidazole rings is 1. The number of carbonyl (C=O) groups is 2. The zero-order valence-corrected chi connectivity index (χ0v) is 8.99. The first-order valence-corrected chi connectivity index (χ1v) is 4.93. The van der Waals surface area contributed by atoms with Gasteiger partial charge < -0.3 is 9.72 Å². The first-order valence-electron chi connectivity index (χ1n) is 3.41. The molecule has 0 saturated carbocycles. The Morgan fingerprint density at radius 1 is 1.77 bits per heavy atom. The Labute approximate surface area is 88.0 Å². The molecule has 1 aromatic rings. The molecule has 1 rings (SSSR count). The molecule has 0 saturated heterocycles. The molecule has 0 amide bonds. The fourth-order valence-corrected chi connectivity index (χ4v) is 1.40. The minimum Gasteiger partial charge on any atom is -0.464 e. The lowest BCUT2D eigenvalue weighted by atomic mass is 10.3. The van der Waals surface area contributed by atoms with Crippen molar-refractivity contribution in [1.29, 1.82) is 0 Å². The van der Waals surface area contributed by atoms with E-state index >= 15 is 0 Å². The highest BCUT2D eigenvalue weighted by molar-refractivity contribution is 14.1. The average Bonchev–Trinajstić information content (AvgIpc) is 2.59. The molecule has 0 atom stereocenters. The first kappa shape index (κ1) is 10.2. The molecule has 0 fully saturated rings. The highest BCUT2D eigenvalue weighted by atomic mass is 127. The summed E-state index contributed by atoms with van der Waals surface area (Å²) in [7, 11) is 1.28. The van der Waals surface area contributed by atoms with Crippen molar-refractivity contribution in [2.45, 2.75) is 4.43 Å². The molecule has 0 unspecified atom stereocenters. The van der Waals surface area contributed by atoms with Gasteiger partial charge in [0.1, 0.15) is 5.69 Å². The van der Waals surface area contributed by atoms with Crippen molar-refractivity contribution < 1.29 is 14.3 Å². The number of methoxy groups -OCH3 is 1. The standard InChI is InChI=1S/C7H7IN2O3/c1-13-7(12)6-4(2-8)9-5(3-11)10-6/h3H,2H2,1H3,(H,9,10). The Kier molecular flexibility index (Phi) is 3.40. The van der Waals surface area contributed by atoms with Crippen LogP contribution in [0.5, 0.6) is 0 Å². The number of alkyl halides is 1. The van der Waals surface area contributed by atoms with Crippen LogP contribution in [0.4, 0.5) is 0 Å². The van der Waals surface area contributed by atoms with Gasteiger partial charge in [-0.25, -0.2) is 9.78 Å². The minimum absolute atomic E-state index is 0.145. The maximum atomic E-state index is 11.1. The van der Waals surface area contributed by atoms with Crippen LogP contribution in [-0.2, 0) is 9.16 Å². The van der Waals surface area contributed by atoms with Gasteiger partial charge in [-0.05, 0) is 0 Å². The molecule has 0 spiro atoms. The topological polar surface area (TPSA) is 72.1 Å². The third kappa shape index (κ3) is 2.06. The molecule has 1 N–H and O–H groups in total. The number of ether oxygens (including phenoxy) is 1. The molecule has 0 radical (unpaired) electrons. The van der Waals surface area contributed by atoms with Gasteiger partial charge in [-0.3, -0.25) is 4.79 Å². The normalized spacial score (nSPS) is 9.69. The smallest absolute Gasteiger partial charge is 0.356 e. The van der Waals surface area contributed by atoms with Gasteiger partial charge in [0.2, 0.25) is 0 Å². The largest absolute Gasteiger partial charge is 0.464 e. The Bertz CT molecular complexity index is 334. The zero-order chi connectivity index (χ0) is 9.84. The minimum atomic E-state index is -0.507. The highest BCUT2D eigenvalue weighted by Crippen LogP contribution is 2.10. The summed E-state index contributed by atoms with van der Waals surface area (Å²) in [4.78, 5) is 27.9. The van der Waals surface area contributed by atoms with Crippen LogP contribution >= 0.6 is 22.6 Å². The van der Waals surface area contributed by atoms with Gasteiger partial charge in [0.05, 0.1) is 12.8 Å². The van der Waals surface area contributed by atoms with Crippen LogP contribution in [0, 0.1) is 0 Å². The number of halogens is 1. The number of nitrogens with zero attached hydrogens (tertiary/aromatic N) is 1. The number of esters is 1. The Morgan fingerprint density at radius 2 is 2.46 bits per heavy atom. The lowest BCUT2D eigenvalue weighted by Gasteiger charge is -1.95. The molecule has 0 aliphatic rings. The molecule has 0 aliphatic carbocycles. The van der Waals surface area contributed by atoms with Crippen LogP contribution in [0.25, 0.3) is 0 Å². The molecule has 6 heteroatoms.